The summed E-state index contributed by atoms with van der Waals surface area (Å²) in [5.74, 6) is 1.30. The zero-order valence-electron chi connectivity index (χ0n) is 12.4. The number of aromatic nitrogens is 2. The SMILES string of the molecule is COC1(c2noc(C3(N)CCCCC3)n2)CCCCC1. The zero-order chi connectivity index (χ0) is 14.1. The summed E-state index contributed by atoms with van der Waals surface area (Å²) in [7, 11) is 1.75. The smallest absolute Gasteiger partial charge is 0.246 e. The van der Waals surface area contributed by atoms with Gasteiger partial charge in [-0.3, -0.25) is 0 Å². The minimum absolute atomic E-state index is 0.356. The fourth-order valence-corrected chi connectivity index (χ4v) is 3.65. The van der Waals surface area contributed by atoms with Gasteiger partial charge in [0.1, 0.15) is 5.60 Å². The lowest BCUT2D eigenvalue weighted by molar-refractivity contribution is -0.0527. The molecule has 0 bridgehead atoms. The molecule has 1 heterocycles. The summed E-state index contributed by atoms with van der Waals surface area (Å²) < 4.78 is 11.3. The molecule has 2 fully saturated rings. The molecule has 5 heteroatoms. The highest BCUT2D eigenvalue weighted by Crippen LogP contribution is 2.40. The highest BCUT2D eigenvalue weighted by atomic mass is 16.5. The standard InChI is InChI=1S/C15H25N3O2/c1-19-15(10-6-3-7-11-15)12-17-13(20-18-12)14(16)8-4-2-5-9-14/h2-11,16H2,1H3. The molecular weight excluding hydrogens is 254 g/mol. The van der Waals surface area contributed by atoms with Crippen molar-refractivity contribution in [1.82, 2.24) is 10.1 Å². The Morgan fingerprint density at radius 2 is 1.60 bits per heavy atom. The summed E-state index contributed by atoms with van der Waals surface area (Å²) in [5, 5.41) is 4.21. The van der Waals surface area contributed by atoms with Crippen LogP contribution in [0.15, 0.2) is 4.52 Å². The third-order valence-electron chi connectivity index (χ3n) is 5.06. The molecule has 0 unspecified atom stereocenters. The van der Waals surface area contributed by atoms with Gasteiger partial charge in [-0.15, -0.1) is 0 Å². The fraction of sp³-hybridized carbons (Fsp3) is 0.867. The summed E-state index contributed by atoms with van der Waals surface area (Å²) in [4.78, 5) is 4.64. The molecule has 0 aromatic carbocycles. The molecule has 2 aliphatic carbocycles. The first-order valence-corrected chi connectivity index (χ1v) is 7.87. The van der Waals surface area contributed by atoms with Crippen molar-refractivity contribution in [2.75, 3.05) is 7.11 Å². The van der Waals surface area contributed by atoms with Crippen molar-refractivity contribution in [3.63, 3.8) is 0 Å². The van der Waals surface area contributed by atoms with Crippen molar-refractivity contribution in [3.05, 3.63) is 11.7 Å². The van der Waals surface area contributed by atoms with E-state index in [1.807, 2.05) is 0 Å². The molecule has 2 saturated carbocycles. The van der Waals surface area contributed by atoms with Crippen LogP contribution in [-0.2, 0) is 15.9 Å². The monoisotopic (exact) mass is 279 g/mol. The van der Waals surface area contributed by atoms with Crippen LogP contribution in [0.3, 0.4) is 0 Å². The molecular formula is C15H25N3O2. The van der Waals surface area contributed by atoms with E-state index in [2.05, 4.69) is 10.1 Å². The summed E-state index contributed by atoms with van der Waals surface area (Å²) in [6.45, 7) is 0. The zero-order valence-corrected chi connectivity index (χ0v) is 12.4. The van der Waals surface area contributed by atoms with Crippen LogP contribution in [0, 0.1) is 0 Å². The highest BCUT2D eigenvalue weighted by molar-refractivity contribution is 5.09. The predicted octanol–water partition coefficient (Wildman–Crippen LogP) is 2.99. The Labute approximate surface area is 120 Å². The summed E-state index contributed by atoms with van der Waals surface area (Å²) in [5.41, 5.74) is 5.69. The Balaban J connectivity index is 1.85. The predicted molar refractivity (Wildman–Crippen MR) is 75.0 cm³/mol. The molecule has 0 spiro atoms. The second-order valence-corrected chi connectivity index (χ2v) is 6.40. The molecule has 2 N–H and O–H groups in total. The molecule has 0 saturated heterocycles. The van der Waals surface area contributed by atoms with Gasteiger partial charge in [0.25, 0.3) is 0 Å². The Morgan fingerprint density at radius 3 is 2.20 bits per heavy atom. The van der Waals surface area contributed by atoms with E-state index in [0.717, 1.165) is 51.4 Å². The fourth-order valence-electron chi connectivity index (χ4n) is 3.65. The Hall–Kier alpha value is -0.940. The molecule has 0 atom stereocenters. The topological polar surface area (TPSA) is 74.2 Å². The molecule has 0 radical (unpaired) electrons. The largest absolute Gasteiger partial charge is 0.370 e. The maximum atomic E-state index is 6.47. The van der Waals surface area contributed by atoms with Gasteiger partial charge < -0.3 is 15.0 Å². The lowest BCUT2D eigenvalue weighted by Gasteiger charge is -2.33. The van der Waals surface area contributed by atoms with Crippen LogP contribution >= 0.6 is 0 Å². The number of hydrogen-bond donors (Lipinski definition) is 1. The molecule has 20 heavy (non-hydrogen) atoms. The van der Waals surface area contributed by atoms with E-state index < -0.39 is 5.54 Å². The van der Waals surface area contributed by atoms with Crippen LogP contribution < -0.4 is 5.73 Å². The normalized spacial score (nSPS) is 25.5. The maximum Gasteiger partial charge on any atom is 0.246 e. The molecule has 0 amide bonds. The van der Waals surface area contributed by atoms with Crippen LogP contribution in [0.2, 0.25) is 0 Å². The van der Waals surface area contributed by atoms with Gasteiger partial charge in [-0.1, -0.05) is 43.7 Å². The molecule has 3 rings (SSSR count). The van der Waals surface area contributed by atoms with Gasteiger partial charge in [0.05, 0.1) is 5.54 Å². The molecule has 1 aromatic heterocycles. The van der Waals surface area contributed by atoms with Gasteiger partial charge >= 0.3 is 0 Å². The van der Waals surface area contributed by atoms with E-state index in [1.54, 1.807) is 7.11 Å². The lowest BCUT2D eigenvalue weighted by Crippen LogP contribution is -2.39. The maximum absolute atomic E-state index is 6.47. The number of nitrogens with zero attached hydrogens (tertiary/aromatic N) is 2. The van der Waals surface area contributed by atoms with Crippen molar-refractivity contribution < 1.29 is 9.26 Å². The van der Waals surface area contributed by atoms with Crippen molar-refractivity contribution in [3.8, 4) is 0 Å². The van der Waals surface area contributed by atoms with Gasteiger partial charge in [-0.05, 0) is 25.7 Å². The third kappa shape index (κ3) is 2.37. The molecule has 1 aromatic rings. The highest BCUT2D eigenvalue weighted by Gasteiger charge is 2.41. The van der Waals surface area contributed by atoms with E-state index in [0.29, 0.717) is 11.7 Å². The van der Waals surface area contributed by atoms with Gasteiger partial charge in [-0.25, -0.2) is 0 Å². The molecule has 5 nitrogen and oxygen atoms in total. The number of nitrogens with two attached hydrogens (primary N) is 1. The van der Waals surface area contributed by atoms with E-state index in [9.17, 15) is 0 Å². The second kappa shape index (κ2) is 5.45. The molecule has 0 aliphatic heterocycles. The van der Waals surface area contributed by atoms with Crippen LogP contribution in [0.5, 0.6) is 0 Å². The number of methoxy groups -OCH3 is 1. The Kier molecular flexibility index (Phi) is 3.82. The first-order chi connectivity index (χ1) is 9.69. The number of rotatable bonds is 3. The average molecular weight is 279 g/mol. The van der Waals surface area contributed by atoms with Crippen molar-refractivity contribution >= 4 is 0 Å². The first kappa shape index (κ1) is 14.0. The van der Waals surface area contributed by atoms with Crippen LogP contribution in [0.1, 0.15) is 75.9 Å². The number of ether oxygens (including phenoxy) is 1. The third-order valence-corrected chi connectivity index (χ3v) is 5.06. The van der Waals surface area contributed by atoms with Crippen molar-refractivity contribution in [2.45, 2.75) is 75.3 Å². The van der Waals surface area contributed by atoms with Gasteiger partial charge in [-0.2, -0.15) is 4.98 Å². The summed E-state index contributed by atoms with van der Waals surface area (Å²) >= 11 is 0. The minimum atomic E-state index is -0.424. The quantitative estimate of drug-likeness (QED) is 0.920. The van der Waals surface area contributed by atoms with Crippen LogP contribution in [-0.4, -0.2) is 17.3 Å². The van der Waals surface area contributed by atoms with E-state index in [4.69, 9.17) is 15.0 Å². The van der Waals surface area contributed by atoms with E-state index in [-0.39, 0.29) is 5.60 Å². The summed E-state index contributed by atoms with van der Waals surface area (Å²) in [6.07, 6.45) is 10.9. The van der Waals surface area contributed by atoms with E-state index >= 15 is 0 Å². The molecule has 112 valence electrons. The van der Waals surface area contributed by atoms with Gasteiger partial charge in [0.2, 0.25) is 11.7 Å². The van der Waals surface area contributed by atoms with Gasteiger partial charge in [0, 0.05) is 7.11 Å². The van der Waals surface area contributed by atoms with Crippen molar-refractivity contribution in [2.24, 2.45) is 5.73 Å². The van der Waals surface area contributed by atoms with Crippen LogP contribution in [0.4, 0.5) is 0 Å². The summed E-state index contributed by atoms with van der Waals surface area (Å²) in [6, 6.07) is 0. The minimum Gasteiger partial charge on any atom is -0.370 e. The van der Waals surface area contributed by atoms with Crippen LogP contribution in [0.25, 0.3) is 0 Å². The lowest BCUT2D eigenvalue weighted by atomic mass is 9.82. The first-order valence-electron chi connectivity index (χ1n) is 7.87. The second-order valence-electron chi connectivity index (χ2n) is 6.40. The molecule has 2 aliphatic rings. The van der Waals surface area contributed by atoms with Crippen molar-refractivity contribution in [1.29, 1.82) is 0 Å². The number of hydrogen-bond acceptors (Lipinski definition) is 5. The Morgan fingerprint density at radius 1 is 1.00 bits per heavy atom. The van der Waals surface area contributed by atoms with Gasteiger partial charge in [0.15, 0.2) is 0 Å². The Bertz CT molecular complexity index is 446. The van der Waals surface area contributed by atoms with E-state index in [1.165, 1.54) is 12.8 Å². The average Bonchev–Trinajstić information content (AvgIpc) is 3.00.